The molecule has 0 spiro atoms. The van der Waals surface area contributed by atoms with Crippen LogP contribution >= 0.6 is 0 Å². The predicted molar refractivity (Wildman–Crippen MR) is 187 cm³/mol. The summed E-state index contributed by atoms with van der Waals surface area (Å²) < 4.78 is 9.47. The molecule has 2 heterocycles. The van der Waals surface area contributed by atoms with E-state index < -0.39 is 0 Å². The van der Waals surface area contributed by atoms with Gasteiger partial charge in [0, 0.05) is 17.0 Å². The molecule has 1 aliphatic heterocycles. The summed E-state index contributed by atoms with van der Waals surface area (Å²) in [4.78, 5) is 0. The number of pyridine rings is 1. The van der Waals surface area contributed by atoms with Gasteiger partial charge in [-0.25, -0.2) is 4.57 Å². The van der Waals surface area contributed by atoms with Gasteiger partial charge < -0.3 is 4.74 Å². The summed E-state index contributed by atoms with van der Waals surface area (Å²) in [7, 11) is 2.21. The number of fused-ring (bicyclic) bond motifs is 5. The molecule has 1 aliphatic carbocycles. The highest BCUT2D eigenvalue weighted by Gasteiger charge is 2.35. The first-order chi connectivity index (χ1) is 20.8. The summed E-state index contributed by atoms with van der Waals surface area (Å²) in [5.41, 5.74) is 8.73. The van der Waals surface area contributed by atoms with Crippen LogP contribution in [0.5, 0.6) is 11.5 Å². The monoisotopic (exact) mass is 584 g/mol. The van der Waals surface area contributed by atoms with Crippen LogP contribution in [0.3, 0.4) is 0 Å². The molecule has 228 valence electrons. The van der Waals surface area contributed by atoms with Crippen molar-refractivity contribution in [2.24, 2.45) is 23.8 Å². The van der Waals surface area contributed by atoms with E-state index in [1.165, 1.54) is 91.5 Å². The van der Waals surface area contributed by atoms with Gasteiger partial charge >= 0.3 is 0 Å². The lowest BCUT2D eigenvalue weighted by Gasteiger charge is -2.34. The Hall–Kier alpha value is -3.39. The Bertz CT molecular complexity index is 1940. The van der Waals surface area contributed by atoms with E-state index in [-0.39, 0.29) is 5.41 Å². The maximum atomic E-state index is 7.13. The van der Waals surface area contributed by atoms with Crippen molar-refractivity contribution in [1.82, 2.24) is 0 Å². The van der Waals surface area contributed by atoms with E-state index in [0.717, 1.165) is 24.3 Å². The van der Waals surface area contributed by atoms with E-state index >= 15 is 0 Å². The van der Waals surface area contributed by atoms with Gasteiger partial charge in [-0.1, -0.05) is 84.9 Å². The van der Waals surface area contributed by atoms with Crippen molar-refractivity contribution in [3.63, 3.8) is 0 Å². The van der Waals surface area contributed by atoms with Crippen molar-refractivity contribution in [3.8, 4) is 22.8 Å². The lowest BCUT2D eigenvalue weighted by molar-refractivity contribution is -0.659. The first-order valence-electron chi connectivity index (χ1n) is 16.9. The average molecular weight is 585 g/mol. The summed E-state index contributed by atoms with van der Waals surface area (Å²) in [6.07, 6.45) is 9.51. The largest absolute Gasteiger partial charge is 0.455 e. The average Bonchev–Trinajstić information content (AvgIpc) is 2.95. The molecule has 0 amide bonds. The molecule has 0 atom stereocenters. The molecule has 0 radical (unpaired) electrons. The fraction of sp³-hybridized carbons (Fsp3) is 0.452. The van der Waals surface area contributed by atoms with E-state index in [1.807, 2.05) is 0 Å². The molecule has 1 fully saturated rings. The molecular formula is C42H50NO+. The second-order valence-electron chi connectivity index (χ2n) is 16.5. The molecule has 1 aromatic heterocycles. The molecule has 0 saturated heterocycles. The highest BCUT2D eigenvalue weighted by molar-refractivity contribution is 6.16. The molecule has 4 aromatic carbocycles. The number of ether oxygens (including phenoxy) is 1. The highest BCUT2D eigenvalue weighted by Crippen LogP contribution is 2.53. The molecule has 0 bridgehead atoms. The maximum Gasteiger partial charge on any atom is 0.228 e. The van der Waals surface area contributed by atoms with Gasteiger partial charge in [-0.15, -0.1) is 0 Å². The number of hydrogen-bond acceptors (Lipinski definition) is 1. The van der Waals surface area contributed by atoms with Crippen molar-refractivity contribution < 1.29 is 9.30 Å². The molecule has 2 heteroatoms. The van der Waals surface area contributed by atoms with Gasteiger partial charge in [-0.3, -0.25) is 0 Å². The minimum atomic E-state index is 0.124. The van der Waals surface area contributed by atoms with E-state index in [4.69, 9.17) is 4.74 Å². The zero-order valence-electron chi connectivity index (χ0n) is 28.4. The van der Waals surface area contributed by atoms with Crippen molar-refractivity contribution in [3.05, 3.63) is 77.0 Å². The highest BCUT2D eigenvalue weighted by atomic mass is 16.5. The molecule has 0 unspecified atom stereocenters. The van der Waals surface area contributed by atoms with Crippen LogP contribution in [0.25, 0.3) is 43.6 Å². The van der Waals surface area contributed by atoms with Crippen LogP contribution in [0.4, 0.5) is 0 Å². The summed E-state index contributed by atoms with van der Waals surface area (Å²) in [6.45, 7) is 18.8. The molecule has 5 aromatic rings. The Morgan fingerprint density at radius 1 is 0.909 bits per heavy atom. The smallest absolute Gasteiger partial charge is 0.228 e. The first-order valence-corrected chi connectivity index (χ1v) is 16.9. The third-order valence-corrected chi connectivity index (χ3v) is 10.5. The normalized spacial score (nSPS) is 16.6. The van der Waals surface area contributed by atoms with Gasteiger partial charge in [0.1, 0.15) is 18.5 Å². The number of hydrogen-bond donors (Lipinski definition) is 0. The van der Waals surface area contributed by atoms with Crippen LogP contribution in [0.1, 0.15) is 102 Å². The molecule has 2 nitrogen and oxygen atoms in total. The Morgan fingerprint density at radius 3 is 2.36 bits per heavy atom. The third-order valence-electron chi connectivity index (χ3n) is 10.5. The summed E-state index contributed by atoms with van der Waals surface area (Å²) >= 11 is 0. The number of rotatable bonds is 4. The Morgan fingerprint density at radius 2 is 1.66 bits per heavy atom. The Kier molecular flexibility index (Phi) is 6.88. The maximum absolute atomic E-state index is 7.13. The lowest BCUT2D eigenvalue weighted by Crippen LogP contribution is -2.32. The van der Waals surface area contributed by atoms with E-state index in [0.29, 0.717) is 17.3 Å². The van der Waals surface area contributed by atoms with Crippen molar-refractivity contribution in [1.29, 1.82) is 0 Å². The van der Waals surface area contributed by atoms with Gasteiger partial charge in [-0.2, -0.15) is 0 Å². The quantitative estimate of drug-likeness (QED) is 0.148. The minimum Gasteiger partial charge on any atom is -0.455 e. The van der Waals surface area contributed by atoms with Crippen LogP contribution in [-0.2, 0) is 19.9 Å². The summed E-state index contributed by atoms with van der Waals surface area (Å²) in [5, 5.41) is 7.88. The Balaban J connectivity index is 1.49. The second kappa shape index (κ2) is 10.3. The fourth-order valence-electron chi connectivity index (χ4n) is 8.19. The van der Waals surface area contributed by atoms with E-state index in [1.54, 1.807) is 0 Å². The van der Waals surface area contributed by atoms with Crippen molar-refractivity contribution >= 4 is 32.3 Å². The van der Waals surface area contributed by atoms with Crippen molar-refractivity contribution in [2.75, 3.05) is 0 Å². The Labute approximate surface area is 264 Å². The standard InChI is InChI=1S/C42H50NO/c1-25(2)20-27-10-13-31-33(21-27)26(3)37-39-38-32(16-19-43(39)9)34-22-29(28-14-17-42(7,8)18-15-28)11-12-30(34)23-36(38)44-40(37)35(31)24-41(4,5)6/h10-13,16,19,21-23,25,28H,14-15,17-18,20,24H2,1-9H3/q+1. The van der Waals surface area contributed by atoms with Crippen LogP contribution < -0.4 is 9.30 Å². The van der Waals surface area contributed by atoms with Gasteiger partial charge in [0.15, 0.2) is 6.20 Å². The van der Waals surface area contributed by atoms with Crippen LogP contribution in [0.2, 0.25) is 0 Å². The topological polar surface area (TPSA) is 13.1 Å². The van der Waals surface area contributed by atoms with Gasteiger partial charge in [0.05, 0.1) is 10.9 Å². The van der Waals surface area contributed by atoms with Gasteiger partial charge in [0.2, 0.25) is 5.69 Å². The SMILES string of the molecule is Cc1c2c(c(CC(C)(C)C)c3ccc(CC(C)C)cc13)Oc1cc3ccc(C4CCC(C)(C)CC4)cc3c3cc[n+](C)c-2c13. The third kappa shape index (κ3) is 4.99. The number of benzene rings is 4. The first kappa shape index (κ1) is 29.3. The van der Waals surface area contributed by atoms with Gasteiger partial charge in [-0.05, 0) is 112 Å². The lowest BCUT2D eigenvalue weighted by atomic mass is 9.71. The van der Waals surface area contributed by atoms with Crippen LogP contribution in [0, 0.1) is 23.7 Å². The molecule has 7 rings (SSSR count). The van der Waals surface area contributed by atoms with Crippen LogP contribution in [0.15, 0.2) is 54.7 Å². The molecule has 1 saturated carbocycles. The predicted octanol–water partition coefficient (Wildman–Crippen LogP) is 11.5. The zero-order chi connectivity index (χ0) is 31.1. The molecule has 0 N–H and O–H groups in total. The number of aryl methyl sites for hydroxylation is 2. The summed E-state index contributed by atoms with van der Waals surface area (Å²) in [6, 6.07) is 19.1. The summed E-state index contributed by atoms with van der Waals surface area (Å²) in [5.74, 6) is 3.32. The van der Waals surface area contributed by atoms with Crippen LogP contribution in [-0.4, -0.2) is 0 Å². The van der Waals surface area contributed by atoms with Gasteiger partial charge in [0.25, 0.3) is 0 Å². The molecular weight excluding hydrogens is 534 g/mol. The molecule has 44 heavy (non-hydrogen) atoms. The van der Waals surface area contributed by atoms with E-state index in [9.17, 15) is 0 Å². The second-order valence-corrected chi connectivity index (χ2v) is 16.5. The fourth-order valence-corrected chi connectivity index (χ4v) is 8.19. The molecule has 2 aliphatic rings. The zero-order valence-corrected chi connectivity index (χ0v) is 28.4. The van der Waals surface area contributed by atoms with Crippen molar-refractivity contribution in [2.45, 2.75) is 99.8 Å². The number of nitrogens with zero attached hydrogens (tertiary/aromatic N) is 1. The number of aromatic nitrogens is 1. The van der Waals surface area contributed by atoms with E-state index in [2.05, 4.69) is 122 Å². The minimum absolute atomic E-state index is 0.124.